The van der Waals surface area contributed by atoms with Crippen LogP contribution in [0.2, 0.25) is 0 Å². The van der Waals surface area contributed by atoms with Gasteiger partial charge in [0.2, 0.25) is 5.91 Å². The normalized spacial score (nSPS) is 14.6. The van der Waals surface area contributed by atoms with E-state index in [2.05, 4.69) is 20.9 Å². The minimum Gasteiger partial charge on any atom is -0.494 e. The van der Waals surface area contributed by atoms with Crippen molar-refractivity contribution in [2.45, 2.75) is 25.7 Å². The molecule has 1 fully saturated rings. The standard InChI is InChI=1S/C19H24N4O3S/c1-2-26-15-5-3-14(4-6-15)18(25)21-12-17(24)23-19-22-11-16(27-19)13-7-9-20-10-8-13/h3-6,11,13,20H,2,7-10,12H2,1H3,(H,21,25)(H,22,23,24). The monoisotopic (exact) mass is 388 g/mol. The topological polar surface area (TPSA) is 92.3 Å². The van der Waals surface area contributed by atoms with Crippen LogP contribution in [0.15, 0.2) is 30.5 Å². The van der Waals surface area contributed by atoms with Gasteiger partial charge in [0.1, 0.15) is 5.75 Å². The zero-order valence-corrected chi connectivity index (χ0v) is 16.1. The Bertz CT molecular complexity index is 770. The number of carbonyl (C=O) groups excluding carboxylic acids is 2. The summed E-state index contributed by atoms with van der Waals surface area (Å²) in [4.78, 5) is 29.7. The quantitative estimate of drug-likeness (QED) is 0.677. The van der Waals surface area contributed by atoms with Gasteiger partial charge in [-0.25, -0.2) is 4.98 Å². The number of hydrogen-bond acceptors (Lipinski definition) is 6. The average Bonchev–Trinajstić information content (AvgIpc) is 3.16. The molecule has 0 spiro atoms. The van der Waals surface area contributed by atoms with Crippen LogP contribution in [-0.2, 0) is 4.79 Å². The van der Waals surface area contributed by atoms with E-state index < -0.39 is 0 Å². The third-order valence-electron chi connectivity index (χ3n) is 4.35. The molecule has 8 heteroatoms. The van der Waals surface area contributed by atoms with E-state index in [1.807, 2.05) is 13.1 Å². The Morgan fingerprint density at radius 2 is 2.00 bits per heavy atom. The van der Waals surface area contributed by atoms with Gasteiger partial charge in [0.15, 0.2) is 5.13 Å². The number of nitrogens with zero attached hydrogens (tertiary/aromatic N) is 1. The van der Waals surface area contributed by atoms with Gasteiger partial charge in [-0.05, 0) is 63.0 Å². The molecule has 0 atom stereocenters. The van der Waals surface area contributed by atoms with Crippen molar-refractivity contribution >= 4 is 28.3 Å². The molecule has 0 radical (unpaired) electrons. The van der Waals surface area contributed by atoms with Crippen molar-refractivity contribution in [3.05, 3.63) is 40.9 Å². The lowest BCUT2D eigenvalue weighted by molar-refractivity contribution is -0.115. The molecule has 3 rings (SSSR count). The maximum Gasteiger partial charge on any atom is 0.251 e. The maximum absolute atomic E-state index is 12.1. The molecular weight excluding hydrogens is 364 g/mol. The molecule has 1 saturated heterocycles. The summed E-state index contributed by atoms with van der Waals surface area (Å²) in [6.07, 6.45) is 4.02. The first kappa shape index (κ1) is 19.3. The van der Waals surface area contributed by atoms with E-state index in [1.165, 1.54) is 16.2 Å². The van der Waals surface area contributed by atoms with Crippen molar-refractivity contribution in [2.24, 2.45) is 0 Å². The lowest BCUT2D eigenvalue weighted by Gasteiger charge is -2.20. The van der Waals surface area contributed by atoms with Crippen LogP contribution in [0.4, 0.5) is 5.13 Å². The Hall–Kier alpha value is -2.45. The zero-order chi connectivity index (χ0) is 19.1. The summed E-state index contributed by atoms with van der Waals surface area (Å²) >= 11 is 1.51. The molecule has 3 N–H and O–H groups in total. The van der Waals surface area contributed by atoms with Gasteiger partial charge in [-0.3, -0.25) is 9.59 Å². The highest BCUT2D eigenvalue weighted by Gasteiger charge is 2.18. The molecule has 2 aromatic rings. The first-order chi connectivity index (χ1) is 13.2. The predicted octanol–water partition coefficient (Wildman–Crippen LogP) is 2.38. The molecule has 27 heavy (non-hydrogen) atoms. The van der Waals surface area contributed by atoms with Crippen molar-refractivity contribution in [1.82, 2.24) is 15.6 Å². The van der Waals surface area contributed by atoms with Crippen molar-refractivity contribution in [1.29, 1.82) is 0 Å². The highest BCUT2D eigenvalue weighted by Crippen LogP contribution is 2.31. The van der Waals surface area contributed by atoms with Crippen LogP contribution in [-0.4, -0.2) is 43.0 Å². The summed E-state index contributed by atoms with van der Waals surface area (Å²) in [6, 6.07) is 6.81. The number of thiazole rings is 1. The van der Waals surface area contributed by atoms with Crippen LogP contribution >= 0.6 is 11.3 Å². The van der Waals surface area contributed by atoms with E-state index in [0.717, 1.165) is 25.9 Å². The van der Waals surface area contributed by atoms with E-state index >= 15 is 0 Å². The third kappa shape index (κ3) is 5.51. The number of ether oxygens (including phenoxy) is 1. The third-order valence-corrected chi connectivity index (χ3v) is 5.42. The molecule has 1 aliphatic heterocycles. The van der Waals surface area contributed by atoms with E-state index in [0.29, 0.717) is 29.0 Å². The number of carbonyl (C=O) groups is 2. The Morgan fingerprint density at radius 3 is 2.70 bits per heavy atom. The molecule has 0 bridgehead atoms. The summed E-state index contributed by atoms with van der Waals surface area (Å²) in [5, 5.41) is 9.28. The van der Waals surface area contributed by atoms with Crippen molar-refractivity contribution < 1.29 is 14.3 Å². The van der Waals surface area contributed by atoms with Crippen LogP contribution in [0.25, 0.3) is 0 Å². The zero-order valence-electron chi connectivity index (χ0n) is 15.3. The summed E-state index contributed by atoms with van der Waals surface area (Å²) in [6.45, 7) is 4.40. The SMILES string of the molecule is CCOc1ccc(C(=O)NCC(=O)Nc2ncc(C3CCNCC3)s2)cc1. The van der Waals surface area contributed by atoms with Crippen molar-refractivity contribution in [3.63, 3.8) is 0 Å². The van der Waals surface area contributed by atoms with Crippen LogP contribution in [0, 0.1) is 0 Å². The fourth-order valence-corrected chi connectivity index (χ4v) is 3.94. The van der Waals surface area contributed by atoms with Gasteiger partial charge < -0.3 is 20.7 Å². The first-order valence-corrected chi connectivity index (χ1v) is 9.94. The first-order valence-electron chi connectivity index (χ1n) is 9.13. The van der Waals surface area contributed by atoms with Gasteiger partial charge in [0.25, 0.3) is 5.91 Å². The van der Waals surface area contributed by atoms with Gasteiger partial charge in [0, 0.05) is 16.6 Å². The van der Waals surface area contributed by atoms with E-state index in [4.69, 9.17) is 4.74 Å². The van der Waals surface area contributed by atoms with Crippen LogP contribution < -0.4 is 20.7 Å². The number of rotatable bonds is 7. The molecule has 0 saturated carbocycles. The fraction of sp³-hybridized carbons (Fsp3) is 0.421. The minimum absolute atomic E-state index is 0.103. The van der Waals surface area contributed by atoms with Gasteiger partial charge in [-0.15, -0.1) is 11.3 Å². The molecule has 2 amide bonds. The van der Waals surface area contributed by atoms with E-state index in [9.17, 15) is 9.59 Å². The molecule has 2 heterocycles. The van der Waals surface area contributed by atoms with Gasteiger partial charge in [-0.1, -0.05) is 0 Å². The summed E-state index contributed by atoms with van der Waals surface area (Å²) in [5.74, 6) is 0.622. The molecule has 1 aromatic heterocycles. The maximum atomic E-state index is 12.1. The minimum atomic E-state index is -0.303. The number of piperidine rings is 1. The molecule has 1 aliphatic rings. The lowest BCUT2D eigenvalue weighted by Crippen LogP contribution is -2.32. The second-order valence-corrected chi connectivity index (χ2v) is 7.34. The Kier molecular flexibility index (Phi) is 6.78. The van der Waals surface area contributed by atoms with Crippen LogP contribution in [0.5, 0.6) is 5.75 Å². The van der Waals surface area contributed by atoms with E-state index in [-0.39, 0.29) is 18.4 Å². The predicted molar refractivity (Wildman–Crippen MR) is 106 cm³/mol. The van der Waals surface area contributed by atoms with Crippen molar-refractivity contribution in [3.8, 4) is 5.75 Å². The lowest BCUT2D eigenvalue weighted by atomic mass is 9.97. The molecular formula is C19H24N4O3S. The molecule has 144 valence electrons. The molecule has 1 aromatic carbocycles. The Labute approximate surface area is 162 Å². The van der Waals surface area contributed by atoms with Gasteiger partial charge in [0.05, 0.1) is 13.2 Å². The average molecular weight is 388 g/mol. The number of hydrogen-bond donors (Lipinski definition) is 3. The summed E-state index contributed by atoms with van der Waals surface area (Å²) in [7, 11) is 0. The van der Waals surface area contributed by atoms with Gasteiger partial charge in [-0.2, -0.15) is 0 Å². The van der Waals surface area contributed by atoms with Crippen LogP contribution in [0.1, 0.15) is 40.9 Å². The second-order valence-electron chi connectivity index (χ2n) is 6.28. The second kappa shape index (κ2) is 9.48. The number of aromatic nitrogens is 1. The molecule has 0 unspecified atom stereocenters. The molecule has 7 nitrogen and oxygen atoms in total. The number of nitrogens with one attached hydrogen (secondary N) is 3. The van der Waals surface area contributed by atoms with E-state index in [1.54, 1.807) is 24.3 Å². The summed E-state index contributed by atoms with van der Waals surface area (Å²) < 4.78 is 5.35. The fourth-order valence-electron chi connectivity index (χ4n) is 2.93. The highest BCUT2D eigenvalue weighted by atomic mass is 32.1. The Balaban J connectivity index is 1.46. The van der Waals surface area contributed by atoms with Crippen LogP contribution in [0.3, 0.4) is 0 Å². The highest BCUT2D eigenvalue weighted by molar-refractivity contribution is 7.15. The molecule has 0 aliphatic carbocycles. The van der Waals surface area contributed by atoms with Crippen molar-refractivity contribution in [2.75, 3.05) is 31.6 Å². The smallest absolute Gasteiger partial charge is 0.251 e. The largest absolute Gasteiger partial charge is 0.494 e. The Morgan fingerprint density at radius 1 is 1.26 bits per heavy atom. The van der Waals surface area contributed by atoms with Gasteiger partial charge >= 0.3 is 0 Å². The number of anilines is 1. The number of amides is 2. The summed E-state index contributed by atoms with van der Waals surface area (Å²) in [5.41, 5.74) is 0.480. The number of benzene rings is 1.